The Hall–Kier alpha value is 0.960. The standard InChI is InChI=1S/C7H5BrI2O/c1-11-7-5(9)3-2-4(8)6(7)10/h2-3H,1H3. The van der Waals surface area contributed by atoms with Crippen molar-refractivity contribution in [2.45, 2.75) is 0 Å². The molecule has 1 nitrogen and oxygen atoms in total. The van der Waals surface area contributed by atoms with E-state index >= 15 is 0 Å². The van der Waals surface area contributed by atoms with Crippen molar-refractivity contribution < 1.29 is 4.74 Å². The highest BCUT2D eigenvalue weighted by Gasteiger charge is 2.07. The zero-order valence-electron chi connectivity index (χ0n) is 5.70. The average Bonchev–Trinajstić information content (AvgIpc) is 1.99. The highest BCUT2D eigenvalue weighted by molar-refractivity contribution is 14.1. The van der Waals surface area contributed by atoms with E-state index in [1.807, 2.05) is 12.1 Å². The van der Waals surface area contributed by atoms with E-state index in [-0.39, 0.29) is 0 Å². The van der Waals surface area contributed by atoms with E-state index in [0.29, 0.717) is 0 Å². The molecule has 0 heterocycles. The van der Waals surface area contributed by atoms with Gasteiger partial charge in [0.25, 0.3) is 0 Å². The molecule has 0 aliphatic rings. The van der Waals surface area contributed by atoms with Gasteiger partial charge in [-0.15, -0.1) is 0 Å². The maximum atomic E-state index is 5.21. The topological polar surface area (TPSA) is 9.23 Å². The summed E-state index contributed by atoms with van der Waals surface area (Å²) in [6.45, 7) is 0. The fourth-order valence-corrected chi connectivity index (χ4v) is 2.88. The summed E-state index contributed by atoms with van der Waals surface area (Å²) < 4.78 is 8.55. The van der Waals surface area contributed by atoms with Crippen molar-refractivity contribution in [3.05, 3.63) is 23.7 Å². The van der Waals surface area contributed by atoms with Crippen molar-refractivity contribution in [3.63, 3.8) is 0 Å². The summed E-state index contributed by atoms with van der Waals surface area (Å²) in [5.41, 5.74) is 0. The van der Waals surface area contributed by atoms with Crippen LogP contribution in [0.3, 0.4) is 0 Å². The Labute approximate surface area is 101 Å². The second-order valence-electron chi connectivity index (χ2n) is 1.88. The van der Waals surface area contributed by atoms with Crippen molar-refractivity contribution in [1.82, 2.24) is 0 Å². The molecular formula is C7H5BrI2O. The predicted molar refractivity (Wildman–Crippen MR) is 66.1 cm³/mol. The highest BCUT2D eigenvalue weighted by Crippen LogP contribution is 2.32. The Balaban J connectivity index is 3.29. The van der Waals surface area contributed by atoms with Crippen molar-refractivity contribution in [1.29, 1.82) is 0 Å². The van der Waals surface area contributed by atoms with Gasteiger partial charge in [-0.05, 0) is 73.2 Å². The molecule has 0 bridgehead atoms. The number of hydrogen-bond donors (Lipinski definition) is 0. The van der Waals surface area contributed by atoms with E-state index in [9.17, 15) is 0 Å². The lowest BCUT2D eigenvalue weighted by atomic mass is 10.3. The molecule has 0 spiro atoms. The highest BCUT2D eigenvalue weighted by atomic mass is 127. The fourth-order valence-electron chi connectivity index (χ4n) is 0.696. The zero-order chi connectivity index (χ0) is 8.43. The van der Waals surface area contributed by atoms with Crippen LogP contribution in [0.1, 0.15) is 0 Å². The number of benzene rings is 1. The van der Waals surface area contributed by atoms with Gasteiger partial charge in [-0.3, -0.25) is 0 Å². The van der Waals surface area contributed by atoms with Crippen LogP contribution in [-0.4, -0.2) is 7.11 Å². The maximum absolute atomic E-state index is 5.21. The number of halogens is 3. The molecule has 1 aromatic rings. The molecule has 0 atom stereocenters. The SMILES string of the molecule is COc1c(I)ccc(Br)c1I. The van der Waals surface area contributed by atoms with Gasteiger partial charge >= 0.3 is 0 Å². The summed E-state index contributed by atoms with van der Waals surface area (Å²) in [5.74, 6) is 0.945. The minimum Gasteiger partial charge on any atom is -0.494 e. The van der Waals surface area contributed by atoms with Crippen LogP contribution in [0.25, 0.3) is 0 Å². The Morgan fingerprint density at radius 1 is 1.36 bits per heavy atom. The van der Waals surface area contributed by atoms with Gasteiger partial charge in [0.05, 0.1) is 14.3 Å². The summed E-state index contributed by atoms with van der Waals surface area (Å²) in [4.78, 5) is 0. The molecule has 60 valence electrons. The Bertz CT molecular complexity index is 275. The van der Waals surface area contributed by atoms with Crippen LogP contribution in [0, 0.1) is 7.14 Å². The van der Waals surface area contributed by atoms with Gasteiger partial charge in [-0.2, -0.15) is 0 Å². The molecule has 0 fully saturated rings. The number of methoxy groups -OCH3 is 1. The molecule has 0 aromatic heterocycles. The number of hydrogen-bond acceptors (Lipinski definition) is 1. The fraction of sp³-hybridized carbons (Fsp3) is 0.143. The second kappa shape index (κ2) is 4.27. The monoisotopic (exact) mass is 438 g/mol. The first kappa shape index (κ1) is 10.0. The Morgan fingerprint density at radius 3 is 2.45 bits per heavy atom. The second-order valence-corrected chi connectivity index (χ2v) is 4.97. The normalized spacial score (nSPS) is 9.82. The molecule has 0 unspecified atom stereocenters. The minimum atomic E-state index is 0.945. The van der Waals surface area contributed by atoms with E-state index in [0.717, 1.165) is 17.4 Å². The van der Waals surface area contributed by atoms with E-state index < -0.39 is 0 Å². The minimum absolute atomic E-state index is 0.945. The van der Waals surface area contributed by atoms with Gasteiger partial charge in [-0.1, -0.05) is 0 Å². The predicted octanol–water partition coefficient (Wildman–Crippen LogP) is 3.67. The molecule has 0 saturated heterocycles. The molecule has 0 N–H and O–H groups in total. The van der Waals surface area contributed by atoms with Crippen LogP contribution in [0.15, 0.2) is 16.6 Å². The molecule has 0 radical (unpaired) electrons. The molecule has 0 amide bonds. The van der Waals surface area contributed by atoms with Crippen molar-refractivity contribution in [2.24, 2.45) is 0 Å². The lowest BCUT2D eigenvalue weighted by Crippen LogP contribution is -1.90. The van der Waals surface area contributed by atoms with Crippen LogP contribution < -0.4 is 4.74 Å². The molecule has 11 heavy (non-hydrogen) atoms. The van der Waals surface area contributed by atoms with E-state index in [1.165, 1.54) is 0 Å². The average molecular weight is 439 g/mol. The number of rotatable bonds is 1. The van der Waals surface area contributed by atoms with Crippen LogP contribution in [0.5, 0.6) is 5.75 Å². The summed E-state index contributed by atoms with van der Waals surface area (Å²) >= 11 is 7.94. The summed E-state index contributed by atoms with van der Waals surface area (Å²) in [6.07, 6.45) is 0. The molecule has 0 aliphatic heterocycles. The van der Waals surface area contributed by atoms with Gasteiger partial charge in [0.2, 0.25) is 0 Å². The van der Waals surface area contributed by atoms with Crippen LogP contribution >= 0.6 is 61.1 Å². The summed E-state index contributed by atoms with van der Waals surface area (Å²) in [5, 5.41) is 0. The van der Waals surface area contributed by atoms with Gasteiger partial charge in [0, 0.05) is 4.47 Å². The lowest BCUT2D eigenvalue weighted by molar-refractivity contribution is 0.408. The molecule has 4 heteroatoms. The first-order chi connectivity index (χ1) is 5.16. The van der Waals surface area contributed by atoms with E-state index in [1.54, 1.807) is 7.11 Å². The molecular weight excluding hydrogens is 434 g/mol. The van der Waals surface area contributed by atoms with Crippen LogP contribution in [0.4, 0.5) is 0 Å². The molecule has 1 aromatic carbocycles. The summed E-state index contributed by atoms with van der Waals surface area (Å²) in [6, 6.07) is 4.04. The maximum Gasteiger partial charge on any atom is 0.146 e. The van der Waals surface area contributed by atoms with Crippen molar-refractivity contribution in [3.8, 4) is 5.75 Å². The van der Waals surface area contributed by atoms with Crippen molar-refractivity contribution in [2.75, 3.05) is 7.11 Å². The molecule has 0 aliphatic carbocycles. The van der Waals surface area contributed by atoms with Crippen molar-refractivity contribution >= 4 is 61.1 Å². The van der Waals surface area contributed by atoms with Gasteiger partial charge in [-0.25, -0.2) is 0 Å². The van der Waals surface area contributed by atoms with Crippen LogP contribution in [0.2, 0.25) is 0 Å². The third-order valence-corrected chi connectivity index (χ3v) is 4.53. The summed E-state index contributed by atoms with van der Waals surface area (Å²) in [7, 11) is 1.69. The third-order valence-electron chi connectivity index (χ3n) is 1.21. The smallest absolute Gasteiger partial charge is 0.146 e. The molecule has 1 rings (SSSR count). The Morgan fingerprint density at radius 2 is 2.00 bits per heavy atom. The third kappa shape index (κ3) is 2.21. The first-order valence-corrected chi connectivity index (χ1v) is 5.79. The van der Waals surface area contributed by atoms with Gasteiger partial charge < -0.3 is 4.74 Å². The number of ether oxygens (including phenoxy) is 1. The van der Waals surface area contributed by atoms with E-state index in [4.69, 9.17) is 4.74 Å². The lowest BCUT2D eigenvalue weighted by Gasteiger charge is -2.06. The van der Waals surface area contributed by atoms with Gasteiger partial charge in [0.1, 0.15) is 5.75 Å². The zero-order valence-corrected chi connectivity index (χ0v) is 11.6. The Kier molecular flexibility index (Phi) is 3.90. The first-order valence-electron chi connectivity index (χ1n) is 2.84. The largest absolute Gasteiger partial charge is 0.494 e. The van der Waals surface area contributed by atoms with Gasteiger partial charge in [0.15, 0.2) is 0 Å². The van der Waals surface area contributed by atoms with Crippen LogP contribution in [-0.2, 0) is 0 Å². The quantitative estimate of drug-likeness (QED) is 0.480. The molecule has 0 saturated carbocycles. The van der Waals surface area contributed by atoms with E-state index in [2.05, 4.69) is 61.1 Å².